The van der Waals surface area contributed by atoms with E-state index in [-0.39, 0.29) is 0 Å². The third-order valence-corrected chi connectivity index (χ3v) is 3.40. The Morgan fingerprint density at radius 1 is 0.889 bits per heavy atom. The lowest BCUT2D eigenvalue weighted by molar-refractivity contribution is -0.137. The summed E-state index contributed by atoms with van der Waals surface area (Å²) < 4.78 is 16.0. The quantitative estimate of drug-likeness (QED) is 0.231. The topological polar surface area (TPSA) is 69.5 Å². The van der Waals surface area contributed by atoms with Crippen molar-refractivity contribution in [2.75, 3.05) is 19.8 Å². The molecule has 142 valence electrons. The Balaban J connectivity index is 1.76. The average molecular weight is 368 g/mol. The van der Waals surface area contributed by atoms with E-state index >= 15 is 0 Å². The molecule has 6 nitrogen and oxygen atoms in total. The van der Waals surface area contributed by atoms with Gasteiger partial charge in [0.15, 0.2) is 0 Å². The van der Waals surface area contributed by atoms with Gasteiger partial charge in [0.1, 0.15) is 11.5 Å². The molecule has 0 fully saturated rings. The standard InChI is InChI=1S/C21H24N2O4/c1-3-14-25-19-10-6-17(7-11-19)22-23-18-8-12-20(13-9-18)26-15-5-16-27-21(24)4-2/h4,6-13H,2-3,5,14-16H2,1H3. The van der Waals surface area contributed by atoms with Gasteiger partial charge in [0.25, 0.3) is 0 Å². The van der Waals surface area contributed by atoms with Crippen LogP contribution in [0.1, 0.15) is 19.8 Å². The molecule has 0 aromatic heterocycles. The van der Waals surface area contributed by atoms with Gasteiger partial charge in [-0.2, -0.15) is 10.2 Å². The molecule has 0 N–H and O–H groups in total. The number of carbonyl (C=O) groups is 1. The Morgan fingerprint density at radius 2 is 1.41 bits per heavy atom. The van der Waals surface area contributed by atoms with Crippen LogP contribution >= 0.6 is 0 Å². The summed E-state index contributed by atoms with van der Waals surface area (Å²) in [7, 11) is 0. The number of carbonyl (C=O) groups excluding carboxylic acids is 1. The summed E-state index contributed by atoms with van der Waals surface area (Å²) in [6, 6.07) is 14.8. The van der Waals surface area contributed by atoms with Crippen molar-refractivity contribution >= 4 is 17.3 Å². The van der Waals surface area contributed by atoms with Crippen LogP contribution in [0.2, 0.25) is 0 Å². The van der Waals surface area contributed by atoms with Crippen molar-refractivity contribution < 1.29 is 19.0 Å². The number of azo groups is 1. The molecule has 2 rings (SSSR count). The lowest BCUT2D eigenvalue weighted by Gasteiger charge is -2.06. The first kappa shape index (κ1) is 20.2. The minimum Gasteiger partial charge on any atom is -0.494 e. The lowest BCUT2D eigenvalue weighted by atomic mass is 10.3. The van der Waals surface area contributed by atoms with Gasteiger partial charge in [-0.25, -0.2) is 4.79 Å². The predicted octanol–water partition coefficient (Wildman–Crippen LogP) is 5.39. The van der Waals surface area contributed by atoms with Gasteiger partial charge in [0.05, 0.1) is 31.2 Å². The number of hydrogen-bond acceptors (Lipinski definition) is 6. The van der Waals surface area contributed by atoms with Crippen LogP contribution in [-0.2, 0) is 9.53 Å². The first-order valence-electron chi connectivity index (χ1n) is 8.88. The van der Waals surface area contributed by atoms with E-state index in [1.807, 2.05) is 48.5 Å². The summed E-state index contributed by atoms with van der Waals surface area (Å²) in [5.41, 5.74) is 1.49. The molecule has 6 heteroatoms. The van der Waals surface area contributed by atoms with E-state index in [1.54, 1.807) is 0 Å². The van der Waals surface area contributed by atoms with E-state index in [1.165, 1.54) is 0 Å². The number of benzene rings is 2. The Hall–Kier alpha value is -3.15. The summed E-state index contributed by atoms with van der Waals surface area (Å²) in [5, 5.41) is 8.42. The molecular weight excluding hydrogens is 344 g/mol. The van der Waals surface area contributed by atoms with Crippen molar-refractivity contribution in [1.29, 1.82) is 0 Å². The van der Waals surface area contributed by atoms with E-state index in [4.69, 9.17) is 14.2 Å². The van der Waals surface area contributed by atoms with Crippen molar-refractivity contribution in [3.8, 4) is 11.5 Å². The third-order valence-electron chi connectivity index (χ3n) is 3.40. The van der Waals surface area contributed by atoms with Crippen LogP contribution in [0.5, 0.6) is 11.5 Å². The average Bonchev–Trinajstić information content (AvgIpc) is 2.72. The molecule has 2 aromatic rings. The van der Waals surface area contributed by atoms with Crippen molar-refractivity contribution in [3.63, 3.8) is 0 Å². The van der Waals surface area contributed by atoms with Crippen LogP contribution in [0.3, 0.4) is 0 Å². The Labute approximate surface area is 159 Å². The predicted molar refractivity (Wildman–Crippen MR) is 104 cm³/mol. The molecule has 0 aliphatic carbocycles. The van der Waals surface area contributed by atoms with Gasteiger partial charge in [0.2, 0.25) is 0 Å². The lowest BCUT2D eigenvalue weighted by Crippen LogP contribution is -2.06. The van der Waals surface area contributed by atoms with E-state index in [2.05, 4.69) is 23.7 Å². The second kappa shape index (κ2) is 11.5. The second-order valence-corrected chi connectivity index (χ2v) is 5.61. The zero-order valence-corrected chi connectivity index (χ0v) is 15.5. The highest BCUT2D eigenvalue weighted by molar-refractivity contribution is 5.81. The van der Waals surface area contributed by atoms with Crippen molar-refractivity contribution in [3.05, 3.63) is 61.2 Å². The molecule has 0 bridgehead atoms. The highest BCUT2D eigenvalue weighted by Gasteiger charge is 1.98. The van der Waals surface area contributed by atoms with Crippen molar-refractivity contribution in [2.24, 2.45) is 10.2 Å². The van der Waals surface area contributed by atoms with Crippen LogP contribution in [-0.4, -0.2) is 25.8 Å². The van der Waals surface area contributed by atoms with E-state index in [0.717, 1.165) is 35.4 Å². The van der Waals surface area contributed by atoms with Gasteiger partial charge in [-0.1, -0.05) is 13.5 Å². The maximum absolute atomic E-state index is 10.9. The summed E-state index contributed by atoms with van der Waals surface area (Å²) in [5.74, 6) is 1.13. The summed E-state index contributed by atoms with van der Waals surface area (Å²) in [6.07, 6.45) is 2.73. The third kappa shape index (κ3) is 7.73. The molecule has 0 unspecified atom stereocenters. The molecule has 0 saturated heterocycles. The number of rotatable bonds is 11. The summed E-state index contributed by atoms with van der Waals surface area (Å²) >= 11 is 0. The van der Waals surface area contributed by atoms with Gasteiger partial charge >= 0.3 is 5.97 Å². The smallest absolute Gasteiger partial charge is 0.330 e. The zero-order chi connectivity index (χ0) is 19.3. The van der Waals surface area contributed by atoms with Crippen LogP contribution < -0.4 is 9.47 Å². The minimum atomic E-state index is -0.423. The van der Waals surface area contributed by atoms with Gasteiger partial charge in [-0.05, 0) is 55.0 Å². The first-order chi connectivity index (χ1) is 13.2. The Morgan fingerprint density at radius 3 is 1.89 bits per heavy atom. The van der Waals surface area contributed by atoms with Crippen LogP contribution in [0.4, 0.5) is 11.4 Å². The van der Waals surface area contributed by atoms with Crippen LogP contribution in [0.15, 0.2) is 71.4 Å². The molecule has 27 heavy (non-hydrogen) atoms. The molecule has 0 aliphatic heterocycles. The molecule has 0 aliphatic rings. The fourth-order valence-electron chi connectivity index (χ4n) is 2.03. The molecule has 0 heterocycles. The summed E-state index contributed by atoms with van der Waals surface area (Å²) in [4.78, 5) is 10.9. The second-order valence-electron chi connectivity index (χ2n) is 5.61. The van der Waals surface area contributed by atoms with E-state index in [9.17, 15) is 4.79 Å². The largest absolute Gasteiger partial charge is 0.494 e. The highest BCUT2D eigenvalue weighted by Crippen LogP contribution is 2.23. The van der Waals surface area contributed by atoms with Gasteiger partial charge in [-0.15, -0.1) is 0 Å². The Bertz CT molecular complexity index is 740. The van der Waals surface area contributed by atoms with Gasteiger partial charge in [-0.3, -0.25) is 0 Å². The van der Waals surface area contributed by atoms with Crippen molar-refractivity contribution in [1.82, 2.24) is 0 Å². The Kier molecular flexibility index (Phi) is 8.56. The maximum Gasteiger partial charge on any atom is 0.330 e. The molecule has 0 amide bonds. The summed E-state index contributed by atoms with van der Waals surface area (Å²) in [6.45, 7) is 6.87. The minimum absolute atomic E-state index is 0.305. The molecule has 0 saturated carbocycles. The first-order valence-corrected chi connectivity index (χ1v) is 8.88. The SMILES string of the molecule is C=CC(=O)OCCCOc1ccc(N=Nc2ccc(OCCC)cc2)cc1. The molecule has 0 atom stereocenters. The van der Waals surface area contributed by atoms with Crippen molar-refractivity contribution in [2.45, 2.75) is 19.8 Å². The van der Waals surface area contributed by atoms with Gasteiger partial charge in [0, 0.05) is 12.5 Å². The maximum atomic E-state index is 10.9. The molecular formula is C21H24N2O4. The number of hydrogen-bond donors (Lipinski definition) is 0. The zero-order valence-electron chi connectivity index (χ0n) is 15.5. The molecule has 0 radical (unpaired) electrons. The molecule has 0 spiro atoms. The monoisotopic (exact) mass is 368 g/mol. The van der Waals surface area contributed by atoms with E-state index < -0.39 is 5.97 Å². The van der Waals surface area contributed by atoms with E-state index in [0.29, 0.717) is 26.2 Å². The number of esters is 1. The van der Waals surface area contributed by atoms with Gasteiger partial charge < -0.3 is 14.2 Å². The number of ether oxygens (including phenoxy) is 3. The van der Waals surface area contributed by atoms with Crippen LogP contribution in [0.25, 0.3) is 0 Å². The van der Waals surface area contributed by atoms with Crippen LogP contribution in [0, 0.1) is 0 Å². The normalized spacial score (nSPS) is 10.6. The molecule has 2 aromatic carbocycles. The fraction of sp³-hybridized carbons (Fsp3) is 0.286. The fourth-order valence-corrected chi connectivity index (χ4v) is 2.03. The number of nitrogens with zero attached hydrogens (tertiary/aromatic N) is 2. The highest BCUT2D eigenvalue weighted by atomic mass is 16.5.